The van der Waals surface area contributed by atoms with E-state index in [0.29, 0.717) is 24.2 Å². The Kier molecular flexibility index (Phi) is 4.25. The number of nitrogen functional groups attached to an aromatic ring is 1. The molecule has 2 aliphatic rings. The lowest BCUT2D eigenvalue weighted by Crippen LogP contribution is -2.44. The van der Waals surface area contributed by atoms with Gasteiger partial charge in [-0.25, -0.2) is 4.79 Å². The van der Waals surface area contributed by atoms with Crippen LogP contribution in [0.25, 0.3) is 0 Å². The third kappa shape index (κ3) is 2.86. The zero-order chi connectivity index (χ0) is 17.5. The zero-order valence-electron chi connectivity index (χ0n) is 13.3. The summed E-state index contributed by atoms with van der Waals surface area (Å²) >= 11 is 3.35. The summed E-state index contributed by atoms with van der Waals surface area (Å²) in [5.41, 5.74) is 6.89. The molecule has 0 unspecified atom stereocenters. The molecule has 1 heterocycles. The summed E-state index contributed by atoms with van der Waals surface area (Å²) in [6, 6.07) is 3.02. The molecule has 1 aromatic rings. The maximum Gasteiger partial charge on any atom is 0.325 e. The number of aryl methyl sites for hydroxylation is 1. The van der Waals surface area contributed by atoms with Crippen molar-refractivity contribution < 1.29 is 14.4 Å². The fourth-order valence-corrected chi connectivity index (χ4v) is 3.90. The number of hydrogen-bond donors (Lipinski definition) is 3. The molecule has 0 atom stereocenters. The number of urea groups is 1. The van der Waals surface area contributed by atoms with E-state index >= 15 is 0 Å². The molecule has 7 nitrogen and oxygen atoms in total. The molecule has 1 saturated carbocycles. The minimum absolute atomic E-state index is 0.307. The highest BCUT2D eigenvalue weighted by Gasteiger charge is 2.52. The van der Waals surface area contributed by atoms with Gasteiger partial charge in [0.05, 0.1) is 11.4 Å². The van der Waals surface area contributed by atoms with Crippen molar-refractivity contribution in [3.8, 4) is 0 Å². The Morgan fingerprint density at radius 3 is 2.71 bits per heavy atom. The first-order valence-electron chi connectivity index (χ1n) is 7.82. The quantitative estimate of drug-likeness (QED) is 0.539. The Balaban J connectivity index is 1.72. The van der Waals surface area contributed by atoms with Gasteiger partial charge in [0.25, 0.3) is 5.91 Å². The average molecular weight is 395 g/mol. The molecular weight excluding hydrogens is 376 g/mol. The van der Waals surface area contributed by atoms with Crippen LogP contribution in [0.3, 0.4) is 0 Å². The van der Waals surface area contributed by atoms with Crippen molar-refractivity contribution in [2.45, 2.75) is 38.1 Å². The molecule has 1 saturated heterocycles. The average Bonchev–Trinajstić information content (AvgIpc) is 3.06. The summed E-state index contributed by atoms with van der Waals surface area (Å²) in [5.74, 6) is -0.767. The van der Waals surface area contributed by atoms with Gasteiger partial charge < -0.3 is 16.4 Å². The zero-order valence-corrected chi connectivity index (χ0v) is 14.9. The van der Waals surface area contributed by atoms with Crippen LogP contribution in [0.5, 0.6) is 0 Å². The number of carbonyl (C=O) groups excluding carboxylic acids is 3. The fourth-order valence-electron chi connectivity index (χ4n) is 3.33. The number of carbonyl (C=O) groups is 3. The van der Waals surface area contributed by atoms with E-state index in [1.807, 2.05) is 13.0 Å². The highest BCUT2D eigenvalue weighted by Crippen LogP contribution is 2.35. The molecule has 2 fully saturated rings. The fraction of sp³-hybridized carbons (Fsp3) is 0.438. The lowest BCUT2D eigenvalue weighted by Gasteiger charge is -2.20. The number of nitrogens with two attached hydrogens (primary N) is 1. The molecule has 4 N–H and O–H groups in total. The third-order valence-electron chi connectivity index (χ3n) is 4.63. The molecule has 1 aliphatic carbocycles. The van der Waals surface area contributed by atoms with E-state index in [9.17, 15) is 14.4 Å². The Bertz CT molecular complexity index is 728. The van der Waals surface area contributed by atoms with Gasteiger partial charge in [0.2, 0.25) is 5.91 Å². The highest BCUT2D eigenvalue weighted by atomic mass is 79.9. The van der Waals surface area contributed by atoms with Crippen LogP contribution < -0.4 is 16.4 Å². The van der Waals surface area contributed by atoms with Crippen molar-refractivity contribution in [3.63, 3.8) is 0 Å². The molecule has 128 valence electrons. The van der Waals surface area contributed by atoms with Gasteiger partial charge in [0.15, 0.2) is 0 Å². The van der Waals surface area contributed by atoms with Crippen LogP contribution in [0.4, 0.5) is 16.2 Å². The number of amides is 4. The predicted octanol–water partition coefficient (Wildman–Crippen LogP) is 2.14. The number of nitrogens with one attached hydrogen (secondary N) is 2. The van der Waals surface area contributed by atoms with Crippen LogP contribution in [0.1, 0.15) is 31.2 Å². The molecule has 1 aliphatic heterocycles. The van der Waals surface area contributed by atoms with E-state index in [-0.39, 0.29) is 12.5 Å². The van der Waals surface area contributed by atoms with E-state index in [2.05, 4.69) is 26.6 Å². The SMILES string of the molecule is Cc1cc(Br)cc(NC(=O)CN2C(=O)NC3(CCCC3)C2=O)c1N. The number of halogens is 1. The minimum atomic E-state index is -0.803. The third-order valence-corrected chi connectivity index (χ3v) is 5.09. The Hall–Kier alpha value is -2.09. The monoisotopic (exact) mass is 394 g/mol. The Labute approximate surface area is 148 Å². The van der Waals surface area contributed by atoms with Gasteiger partial charge in [0, 0.05) is 4.47 Å². The lowest BCUT2D eigenvalue weighted by molar-refractivity contribution is -0.133. The number of imide groups is 1. The van der Waals surface area contributed by atoms with E-state index in [0.717, 1.165) is 27.8 Å². The van der Waals surface area contributed by atoms with Gasteiger partial charge in [-0.05, 0) is 37.5 Å². The van der Waals surface area contributed by atoms with E-state index in [1.54, 1.807) is 6.07 Å². The summed E-state index contributed by atoms with van der Waals surface area (Å²) < 4.78 is 0.782. The molecule has 1 spiro atoms. The standard InChI is InChI=1S/C16H19BrN4O3/c1-9-6-10(17)7-11(13(9)18)19-12(22)8-21-14(23)16(20-15(21)24)4-2-3-5-16/h6-7H,2-5,8,18H2,1H3,(H,19,22)(H,20,24). The first-order chi connectivity index (χ1) is 11.3. The summed E-state index contributed by atoms with van der Waals surface area (Å²) in [6.07, 6.45) is 3.07. The first kappa shape index (κ1) is 16.8. The predicted molar refractivity (Wildman–Crippen MR) is 93.4 cm³/mol. The second-order valence-electron chi connectivity index (χ2n) is 6.34. The summed E-state index contributed by atoms with van der Waals surface area (Å²) in [6.45, 7) is 1.51. The summed E-state index contributed by atoms with van der Waals surface area (Å²) in [7, 11) is 0. The molecule has 0 aromatic heterocycles. The highest BCUT2D eigenvalue weighted by molar-refractivity contribution is 9.10. The molecule has 24 heavy (non-hydrogen) atoms. The van der Waals surface area contributed by atoms with Gasteiger partial charge in [-0.1, -0.05) is 28.8 Å². The smallest absolute Gasteiger partial charge is 0.325 e. The Morgan fingerprint density at radius 2 is 2.04 bits per heavy atom. The number of hydrogen-bond acceptors (Lipinski definition) is 4. The van der Waals surface area contributed by atoms with Crippen molar-refractivity contribution in [1.82, 2.24) is 10.2 Å². The van der Waals surface area contributed by atoms with Crippen LogP contribution in [-0.2, 0) is 9.59 Å². The number of anilines is 2. The molecule has 8 heteroatoms. The van der Waals surface area contributed by atoms with Crippen LogP contribution in [0, 0.1) is 6.92 Å². The molecule has 1 aromatic carbocycles. The molecule has 0 bridgehead atoms. The second kappa shape index (κ2) is 6.08. The summed E-state index contributed by atoms with van der Waals surface area (Å²) in [5, 5.41) is 5.42. The van der Waals surface area contributed by atoms with Gasteiger partial charge in [-0.15, -0.1) is 0 Å². The van der Waals surface area contributed by atoms with Crippen molar-refractivity contribution in [2.75, 3.05) is 17.6 Å². The van der Waals surface area contributed by atoms with E-state index < -0.39 is 17.5 Å². The number of nitrogens with zero attached hydrogens (tertiary/aromatic N) is 1. The molecule has 4 amide bonds. The van der Waals surface area contributed by atoms with Crippen LogP contribution in [0.2, 0.25) is 0 Å². The van der Waals surface area contributed by atoms with Crippen molar-refractivity contribution >= 4 is 45.2 Å². The van der Waals surface area contributed by atoms with Crippen molar-refractivity contribution in [2.24, 2.45) is 0 Å². The first-order valence-corrected chi connectivity index (χ1v) is 8.61. The normalized spacial score (nSPS) is 19.0. The maximum atomic E-state index is 12.5. The van der Waals surface area contributed by atoms with Gasteiger partial charge in [-0.2, -0.15) is 0 Å². The number of rotatable bonds is 3. The Morgan fingerprint density at radius 1 is 1.38 bits per heavy atom. The molecule has 0 radical (unpaired) electrons. The molecule has 3 rings (SSSR count). The van der Waals surface area contributed by atoms with Crippen LogP contribution in [-0.4, -0.2) is 34.8 Å². The van der Waals surface area contributed by atoms with Crippen LogP contribution in [0.15, 0.2) is 16.6 Å². The maximum absolute atomic E-state index is 12.5. The second-order valence-corrected chi connectivity index (χ2v) is 7.26. The largest absolute Gasteiger partial charge is 0.397 e. The van der Waals surface area contributed by atoms with E-state index in [4.69, 9.17) is 5.73 Å². The summed E-state index contributed by atoms with van der Waals surface area (Å²) in [4.78, 5) is 37.9. The van der Waals surface area contributed by atoms with Crippen LogP contribution >= 0.6 is 15.9 Å². The topological polar surface area (TPSA) is 105 Å². The molecular formula is C16H19BrN4O3. The van der Waals surface area contributed by atoms with Gasteiger partial charge in [0.1, 0.15) is 12.1 Å². The van der Waals surface area contributed by atoms with Gasteiger partial charge >= 0.3 is 6.03 Å². The van der Waals surface area contributed by atoms with Crippen molar-refractivity contribution in [1.29, 1.82) is 0 Å². The minimum Gasteiger partial charge on any atom is -0.397 e. The van der Waals surface area contributed by atoms with E-state index in [1.165, 1.54) is 0 Å². The lowest BCUT2D eigenvalue weighted by atomic mass is 9.98. The van der Waals surface area contributed by atoms with Gasteiger partial charge in [-0.3, -0.25) is 14.5 Å². The van der Waals surface area contributed by atoms with Crippen molar-refractivity contribution in [3.05, 3.63) is 22.2 Å². The number of benzene rings is 1.